The number of carbonyl (C=O) groups is 4. The first-order valence-corrected chi connectivity index (χ1v) is 12.2. The van der Waals surface area contributed by atoms with Gasteiger partial charge in [-0.25, -0.2) is 4.79 Å². The van der Waals surface area contributed by atoms with E-state index in [1.165, 1.54) is 18.1 Å². The van der Waals surface area contributed by atoms with Gasteiger partial charge in [-0.2, -0.15) is 0 Å². The van der Waals surface area contributed by atoms with Gasteiger partial charge in [-0.3, -0.25) is 14.4 Å². The number of hydrogen-bond donors (Lipinski definition) is 3. The van der Waals surface area contributed by atoms with E-state index < -0.39 is 41.6 Å². The maximum atomic E-state index is 13.9. The van der Waals surface area contributed by atoms with Gasteiger partial charge in [0.15, 0.2) is 0 Å². The molecule has 0 bridgehead atoms. The molecule has 10 nitrogen and oxygen atoms in total. The summed E-state index contributed by atoms with van der Waals surface area (Å²) in [7, 11) is 1.21. The fourth-order valence-electron chi connectivity index (χ4n) is 3.47. The molecule has 2 atom stereocenters. The number of benzene rings is 1. The highest BCUT2D eigenvalue weighted by molar-refractivity contribution is 5.93. The molecule has 3 N–H and O–H groups in total. The predicted molar refractivity (Wildman–Crippen MR) is 135 cm³/mol. The number of methoxy groups -OCH3 is 1. The van der Waals surface area contributed by atoms with Gasteiger partial charge >= 0.3 is 12.1 Å². The van der Waals surface area contributed by atoms with Crippen molar-refractivity contribution in [1.29, 1.82) is 0 Å². The molecule has 0 fully saturated rings. The fourth-order valence-corrected chi connectivity index (χ4v) is 3.47. The van der Waals surface area contributed by atoms with Crippen LogP contribution in [0.1, 0.15) is 71.6 Å². The topological polar surface area (TPSA) is 134 Å². The summed E-state index contributed by atoms with van der Waals surface area (Å²) in [5, 5.41) is 15.2. The number of amides is 3. The Morgan fingerprint density at radius 3 is 2.28 bits per heavy atom. The van der Waals surface area contributed by atoms with Gasteiger partial charge in [0.25, 0.3) is 0 Å². The van der Waals surface area contributed by atoms with Gasteiger partial charge in [0.05, 0.1) is 7.11 Å². The monoisotopic (exact) mass is 507 g/mol. The molecule has 3 amide bonds. The molecule has 0 spiro atoms. The van der Waals surface area contributed by atoms with Crippen molar-refractivity contribution < 1.29 is 33.8 Å². The first kappa shape index (κ1) is 30.7. The molecular formula is C26H41N3O7. The maximum absolute atomic E-state index is 13.9. The Morgan fingerprint density at radius 2 is 1.78 bits per heavy atom. The number of ether oxygens (including phenoxy) is 2. The van der Waals surface area contributed by atoms with Gasteiger partial charge in [-0.15, -0.1) is 0 Å². The Morgan fingerprint density at radius 1 is 1.14 bits per heavy atom. The summed E-state index contributed by atoms with van der Waals surface area (Å²) in [5.74, 6) is -1.95. The van der Waals surface area contributed by atoms with Gasteiger partial charge in [-0.05, 0) is 63.3 Å². The largest absolute Gasteiger partial charge is 0.508 e. The van der Waals surface area contributed by atoms with E-state index in [0.29, 0.717) is 17.5 Å². The molecule has 0 aliphatic carbocycles. The lowest BCUT2D eigenvalue weighted by molar-refractivity contribution is -0.145. The summed E-state index contributed by atoms with van der Waals surface area (Å²) in [6.45, 7) is 12.2. The van der Waals surface area contributed by atoms with Gasteiger partial charge < -0.3 is 30.1 Å². The molecule has 10 heteroatoms. The van der Waals surface area contributed by atoms with E-state index in [9.17, 15) is 24.3 Å². The zero-order valence-corrected chi connectivity index (χ0v) is 22.6. The molecule has 1 aromatic carbocycles. The van der Waals surface area contributed by atoms with E-state index in [1.54, 1.807) is 53.7 Å². The molecule has 202 valence electrons. The van der Waals surface area contributed by atoms with Crippen molar-refractivity contribution in [1.82, 2.24) is 15.5 Å². The number of esters is 1. The van der Waals surface area contributed by atoms with Crippen LogP contribution in [0.25, 0.3) is 0 Å². The molecular weight excluding hydrogens is 466 g/mol. The van der Waals surface area contributed by atoms with Crippen LogP contribution in [0, 0.1) is 12.8 Å². The smallest absolute Gasteiger partial charge is 0.408 e. The number of phenolic OH excluding ortho intramolecular Hbond substituents is 1. The van der Waals surface area contributed by atoms with Crippen LogP contribution in [-0.4, -0.2) is 65.7 Å². The fraction of sp³-hybridized carbons (Fsp3) is 0.615. The van der Waals surface area contributed by atoms with Gasteiger partial charge in [0.2, 0.25) is 11.8 Å². The zero-order chi connectivity index (χ0) is 27.6. The second-order valence-electron chi connectivity index (χ2n) is 10.00. The number of alkyl carbamates (subject to hydrolysis) is 1. The number of rotatable bonds is 11. The minimum absolute atomic E-state index is 0.0468. The number of aryl methyl sites for hydroxylation is 1. The van der Waals surface area contributed by atoms with Crippen LogP contribution in [0.3, 0.4) is 0 Å². The van der Waals surface area contributed by atoms with Crippen LogP contribution >= 0.6 is 0 Å². The Kier molecular flexibility index (Phi) is 11.7. The van der Waals surface area contributed by atoms with Crippen molar-refractivity contribution in [3.8, 4) is 5.75 Å². The SMILES string of the molecule is CCCCN(C(=O)C(NC(=O)OC(C)(C)C)C(C)C)C(C(=O)NCC(=O)OC)c1ccc(O)c(C)c1. The molecule has 0 aromatic heterocycles. The lowest BCUT2D eigenvalue weighted by Crippen LogP contribution is -2.55. The Hall–Kier alpha value is -3.30. The highest BCUT2D eigenvalue weighted by Gasteiger charge is 2.37. The lowest BCUT2D eigenvalue weighted by atomic mass is 9.97. The summed E-state index contributed by atoms with van der Waals surface area (Å²) in [5.41, 5.74) is 0.224. The normalized spacial score (nSPS) is 12.9. The van der Waals surface area contributed by atoms with Crippen molar-refractivity contribution in [2.75, 3.05) is 20.2 Å². The predicted octanol–water partition coefficient (Wildman–Crippen LogP) is 3.21. The quantitative estimate of drug-likeness (QED) is 0.392. The molecule has 0 heterocycles. The molecule has 0 saturated carbocycles. The maximum Gasteiger partial charge on any atom is 0.408 e. The van der Waals surface area contributed by atoms with Crippen molar-refractivity contribution in [3.63, 3.8) is 0 Å². The van der Waals surface area contributed by atoms with Crippen LogP contribution in [0.4, 0.5) is 4.79 Å². The third kappa shape index (κ3) is 9.39. The van der Waals surface area contributed by atoms with E-state index in [-0.39, 0.29) is 24.8 Å². The molecule has 2 unspecified atom stereocenters. The highest BCUT2D eigenvalue weighted by atomic mass is 16.6. The highest BCUT2D eigenvalue weighted by Crippen LogP contribution is 2.28. The molecule has 36 heavy (non-hydrogen) atoms. The van der Waals surface area contributed by atoms with Crippen molar-refractivity contribution in [2.45, 2.75) is 79.0 Å². The number of unbranched alkanes of at least 4 members (excludes halogenated alkanes) is 1. The third-order valence-corrected chi connectivity index (χ3v) is 5.37. The van der Waals surface area contributed by atoms with Crippen LogP contribution in [0.5, 0.6) is 5.75 Å². The van der Waals surface area contributed by atoms with Gasteiger partial charge in [0, 0.05) is 6.54 Å². The average Bonchev–Trinajstić information content (AvgIpc) is 2.78. The number of nitrogens with one attached hydrogen (secondary N) is 2. The molecule has 0 radical (unpaired) electrons. The van der Waals surface area contributed by atoms with Crippen LogP contribution in [-0.2, 0) is 23.9 Å². The summed E-state index contributed by atoms with van der Waals surface area (Å²) in [6.07, 6.45) is 0.610. The lowest BCUT2D eigenvalue weighted by Gasteiger charge is -2.35. The number of phenols is 1. The van der Waals surface area contributed by atoms with Crippen molar-refractivity contribution in [2.24, 2.45) is 5.92 Å². The van der Waals surface area contributed by atoms with Crippen LogP contribution < -0.4 is 10.6 Å². The number of hydrogen-bond acceptors (Lipinski definition) is 7. The summed E-state index contributed by atoms with van der Waals surface area (Å²) < 4.78 is 9.97. The van der Waals surface area contributed by atoms with Gasteiger partial charge in [0.1, 0.15) is 30.0 Å². The second-order valence-corrected chi connectivity index (χ2v) is 10.00. The minimum atomic E-state index is -1.12. The zero-order valence-electron chi connectivity index (χ0n) is 22.6. The number of carbonyl (C=O) groups excluding carboxylic acids is 4. The average molecular weight is 508 g/mol. The van der Waals surface area contributed by atoms with Gasteiger partial charge in [-0.1, -0.05) is 33.3 Å². The number of aromatic hydroxyl groups is 1. The summed E-state index contributed by atoms with van der Waals surface area (Å²) >= 11 is 0. The van der Waals surface area contributed by atoms with E-state index in [4.69, 9.17) is 4.74 Å². The molecule has 0 aliphatic heterocycles. The van der Waals surface area contributed by atoms with E-state index in [1.807, 2.05) is 6.92 Å². The molecule has 0 saturated heterocycles. The van der Waals surface area contributed by atoms with E-state index in [0.717, 1.165) is 6.42 Å². The Balaban J connectivity index is 3.48. The molecule has 0 aliphatic rings. The van der Waals surface area contributed by atoms with Crippen molar-refractivity contribution >= 4 is 23.9 Å². The Labute approximate surface area is 213 Å². The number of nitrogens with zero attached hydrogens (tertiary/aromatic N) is 1. The first-order valence-electron chi connectivity index (χ1n) is 12.2. The molecule has 1 aromatic rings. The molecule has 1 rings (SSSR count). The van der Waals surface area contributed by atoms with Crippen molar-refractivity contribution in [3.05, 3.63) is 29.3 Å². The third-order valence-electron chi connectivity index (χ3n) is 5.37. The van der Waals surface area contributed by atoms with Crippen LogP contribution in [0.2, 0.25) is 0 Å². The Bertz CT molecular complexity index is 925. The summed E-state index contributed by atoms with van der Waals surface area (Å²) in [6, 6.07) is 2.55. The van der Waals surface area contributed by atoms with E-state index >= 15 is 0 Å². The summed E-state index contributed by atoms with van der Waals surface area (Å²) in [4.78, 5) is 52.9. The second kappa shape index (κ2) is 13.7. The first-order chi connectivity index (χ1) is 16.7. The van der Waals surface area contributed by atoms with E-state index in [2.05, 4.69) is 15.4 Å². The van der Waals surface area contributed by atoms with Crippen LogP contribution in [0.15, 0.2) is 18.2 Å². The minimum Gasteiger partial charge on any atom is -0.508 e. The standard InChI is InChI=1S/C26H41N3O7/c1-9-10-13-29(24(33)21(16(2)3)28-25(34)36-26(5,6)7)22(23(32)27-15-20(31)35-8)18-11-12-19(30)17(4)14-18/h11-12,14,16,21-22,30H,9-10,13,15H2,1-8H3,(H,27,32)(H,28,34).